The Morgan fingerprint density at radius 3 is 2.20 bits per heavy atom. The lowest BCUT2D eigenvalue weighted by atomic mass is 9.83. The van der Waals surface area contributed by atoms with Crippen molar-refractivity contribution in [1.82, 2.24) is 5.32 Å². The molecule has 0 aromatic heterocycles. The van der Waals surface area contributed by atoms with Crippen LogP contribution in [-0.2, 0) is 4.79 Å². The van der Waals surface area contributed by atoms with Gasteiger partial charge in [-0.3, -0.25) is 4.79 Å². The molecule has 20 heavy (non-hydrogen) atoms. The van der Waals surface area contributed by atoms with E-state index in [1.165, 1.54) is 19.3 Å². The zero-order valence-electron chi connectivity index (χ0n) is 13.0. The molecule has 4 heteroatoms. The van der Waals surface area contributed by atoms with E-state index < -0.39 is 0 Å². The minimum Gasteiger partial charge on any atom is -0.392 e. The lowest BCUT2D eigenvalue weighted by Gasteiger charge is -2.31. The first-order chi connectivity index (χ1) is 9.60. The van der Waals surface area contributed by atoms with E-state index in [2.05, 4.69) is 19.2 Å². The molecule has 0 spiro atoms. The number of carbonyl (C=O) groups is 1. The molecule has 3 nitrogen and oxygen atoms in total. The van der Waals surface area contributed by atoms with Crippen molar-refractivity contribution in [3.8, 4) is 0 Å². The van der Waals surface area contributed by atoms with E-state index in [-0.39, 0.29) is 17.9 Å². The maximum Gasteiger partial charge on any atom is 0.223 e. The number of nitrogens with two attached hydrogens (primary N) is 1. The van der Waals surface area contributed by atoms with Crippen LogP contribution in [0.4, 0.5) is 0 Å². The van der Waals surface area contributed by atoms with Gasteiger partial charge in [0.1, 0.15) is 0 Å². The first kappa shape index (κ1) is 17.4. The van der Waals surface area contributed by atoms with E-state index in [1.54, 1.807) is 0 Å². The largest absolute Gasteiger partial charge is 0.392 e. The van der Waals surface area contributed by atoms with E-state index >= 15 is 0 Å². The number of hydrogen-bond acceptors (Lipinski definition) is 2. The van der Waals surface area contributed by atoms with Crippen LogP contribution < -0.4 is 11.1 Å². The van der Waals surface area contributed by atoms with Crippen LogP contribution >= 0.6 is 12.2 Å². The van der Waals surface area contributed by atoms with E-state index in [1.807, 2.05) is 0 Å². The van der Waals surface area contributed by atoms with Crippen LogP contribution in [0.2, 0.25) is 0 Å². The van der Waals surface area contributed by atoms with Crippen LogP contribution in [0.5, 0.6) is 0 Å². The van der Waals surface area contributed by atoms with Gasteiger partial charge in [-0.25, -0.2) is 0 Å². The Balaban J connectivity index is 2.63. The Hall–Kier alpha value is -0.640. The molecule has 0 aliphatic heterocycles. The average Bonchev–Trinajstić information content (AvgIpc) is 2.45. The molecule has 0 aromatic carbocycles. The lowest BCUT2D eigenvalue weighted by Crippen LogP contribution is -2.50. The van der Waals surface area contributed by atoms with Gasteiger partial charge in [-0.15, -0.1) is 0 Å². The number of hydrogen-bond donors (Lipinski definition) is 2. The summed E-state index contributed by atoms with van der Waals surface area (Å²) in [6.07, 6.45) is 10.0. The highest BCUT2D eigenvalue weighted by molar-refractivity contribution is 7.80. The van der Waals surface area contributed by atoms with Crippen molar-refractivity contribution in [2.75, 3.05) is 0 Å². The van der Waals surface area contributed by atoms with Gasteiger partial charge >= 0.3 is 0 Å². The van der Waals surface area contributed by atoms with Gasteiger partial charge in [0.2, 0.25) is 5.91 Å². The van der Waals surface area contributed by atoms with Crippen molar-refractivity contribution >= 4 is 23.1 Å². The minimum absolute atomic E-state index is 0.103. The summed E-state index contributed by atoms with van der Waals surface area (Å²) >= 11 is 5.20. The third-order valence-electron chi connectivity index (χ3n) is 4.37. The van der Waals surface area contributed by atoms with E-state index in [0.29, 0.717) is 10.9 Å². The molecular formula is C16H30N2OS. The Labute approximate surface area is 129 Å². The summed E-state index contributed by atoms with van der Waals surface area (Å²) in [5.41, 5.74) is 5.88. The number of amides is 1. The molecule has 1 aliphatic carbocycles. The molecule has 1 saturated carbocycles. The Bertz CT molecular complexity index is 308. The molecule has 1 unspecified atom stereocenters. The van der Waals surface area contributed by atoms with Crippen molar-refractivity contribution in [1.29, 1.82) is 0 Å². The van der Waals surface area contributed by atoms with Gasteiger partial charge in [0.15, 0.2) is 0 Å². The molecular weight excluding hydrogens is 268 g/mol. The first-order valence-electron chi connectivity index (χ1n) is 8.19. The van der Waals surface area contributed by atoms with Crippen molar-refractivity contribution in [3.05, 3.63) is 0 Å². The number of thiocarbonyl (C=S) groups is 1. The van der Waals surface area contributed by atoms with Gasteiger partial charge in [0, 0.05) is 5.92 Å². The molecule has 116 valence electrons. The molecule has 3 N–H and O–H groups in total. The van der Waals surface area contributed by atoms with Gasteiger partial charge in [-0.2, -0.15) is 0 Å². The molecule has 1 aliphatic rings. The van der Waals surface area contributed by atoms with Gasteiger partial charge in [-0.05, 0) is 31.6 Å². The standard InChI is InChI=1S/C16H30N2OS/c1-3-8-13(9-4-2)16(19)18-14(15(17)20)12-10-6-5-7-11-12/h12-14H,3-11H2,1-2H3,(H2,17,20)(H,18,19). The highest BCUT2D eigenvalue weighted by Gasteiger charge is 2.29. The molecule has 1 rings (SSSR count). The molecule has 1 atom stereocenters. The zero-order chi connectivity index (χ0) is 15.0. The summed E-state index contributed by atoms with van der Waals surface area (Å²) in [7, 11) is 0. The molecule has 0 bridgehead atoms. The number of carbonyl (C=O) groups excluding carboxylic acids is 1. The van der Waals surface area contributed by atoms with Gasteiger partial charge < -0.3 is 11.1 Å². The van der Waals surface area contributed by atoms with Gasteiger partial charge in [-0.1, -0.05) is 58.2 Å². The van der Waals surface area contributed by atoms with E-state index in [4.69, 9.17) is 18.0 Å². The summed E-state index contributed by atoms with van der Waals surface area (Å²) in [5, 5.41) is 3.15. The van der Waals surface area contributed by atoms with E-state index in [0.717, 1.165) is 38.5 Å². The monoisotopic (exact) mass is 298 g/mol. The second kappa shape index (κ2) is 9.32. The summed E-state index contributed by atoms with van der Waals surface area (Å²) < 4.78 is 0. The third kappa shape index (κ3) is 5.39. The van der Waals surface area contributed by atoms with Crippen molar-refractivity contribution in [3.63, 3.8) is 0 Å². The molecule has 0 saturated heterocycles. The summed E-state index contributed by atoms with van der Waals surface area (Å²) in [5.74, 6) is 0.705. The fourth-order valence-corrected chi connectivity index (χ4v) is 3.51. The van der Waals surface area contributed by atoms with Gasteiger partial charge in [0.05, 0.1) is 11.0 Å². The summed E-state index contributed by atoms with van der Waals surface area (Å²) in [6, 6.07) is -0.103. The number of rotatable bonds is 8. The second-order valence-electron chi connectivity index (χ2n) is 6.06. The summed E-state index contributed by atoms with van der Waals surface area (Å²) in [4.78, 5) is 12.9. The van der Waals surface area contributed by atoms with Crippen molar-refractivity contribution < 1.29 is 4.79 Å². The van der Waals surface area contributed by atoms with Crippen LogP contribution in [0.15, 0.2) is 0 Å². The van der Waals surface area contributed by atoms with Crippen LogP contribution in [0.3, 0.4) is 0 Å². The highest BCUT2D eigenvalue weighted by atomic mass is 32.1. The maximum atomic E-state index is 12.5. The fraction of sp³-hybridized carbons (Fsp3) is 0.875. The Kier molecular flexibility index (Phi) is 8.12. The average molecular weight is 298 g/mol. The minimum atomic E-state index is -0.103. The first-order valence-corrected chi connectivity index (χ1v) is 8.60. The van der Waals surface area contributed by atoms with Crippen LogP contribution in [0.1, 0.15) is 71.6 Å². The predicted octanol–water partition coefficient (Wildman–Crippen LogP) is 3.55. The van der Waals surface area contributed by atoms with Crippen molar-refractivity contribution in [2.24, 2.45) is 17.6 Å². The second-order valence-corrected chi connectivity index (χ2v) is 6.53. The normalized spacial score (nSPS) is 17.9. The van der Waals surface area contributed by atoms with E-state index in [9.17, 15) is 4.79 Å². The highest BCUT2D eigenvalue weighted by Crippen LogP contribution is 2.27. The Morgan fingerprint density at radius 2 is 1.75 bits per heavy atom. The SMILES string of the molecule is CCCC(CCC)C(=O)NC(C(N)=S)C1CCCCC1. The number of nitrogens with one attached hydrogen (secondary N) is 1. The maximum absolute atomic E-state index is 12.5. The zero-order valence-corrected chi connectivity index (χ0v) is 13.8. The lowest BCUT2D eigenvalue weighted by molar-refractivity contribution is -0.126. The third-order valence-corrected chi connectivity index (χ3v) is 4.62. The van der Waals surface area contributed by atoms with Crippen LogP contribution in [0, 0.1) is 11.8 Å². The predicted molar refractivity (Wildman–Crippen MR) is 88.6 cm³/mol. The quantitative estimate of drug-likeness (QED) is 0.674. The van der Waals surface area contributed by atoms with Crippen LogP contribution in [0.25, 0.3) is 0 Å². The molecule has 0 aromatic rings. The fourth-order valence-electron chi connectivity index (χ4n) is 3.26. The molecule has 1 amide bonds. The molecule has 0 heterocycles. The van der Waals surface area contributed by atoms with Crippen LogP contribution in [-0.4, -0.2) is 16.9 Å². The van der Waals surface area contributed by atoms with Gasteiger partial charge in [0.25, 0.3) is 0 Å². The van der Waals surface area contributed by atoms with Crippen molar-refractivity contribution in [2.45, 2.75) is 77.7 Å². The molecule has 1 fully saturated rings. The smallest absolute Gasteiger partial charge is 0.223 e. The molecule has 0 radical (unpaired) electrons. The Morgan fingerprint density at radius 1 is 1.20 bits per heavy atom. The topological polar surface area (TPSA) is 55.1 Å². The summed E-state index contributed by atoms with van der Waals surface area (Å²) in [6.45, 7) is 4.25.